The zero-order valence-corrected chi connectivity index (χ0v) is 20.1. The van der Waals surface area contributed by atoms with E-state index in [1.165, 1.54) is 6.20 Å². The Bertz CT molecular complexity index is 1170. The molecule has 34 heavy (non-hydrogen) atoms. The van der Waals surface area contributed by atoms with E-state index < -0.39 is 12.1 Å². The van der Waals surface area contributed by atoms with Gasteiger partial charge < -0.3 is 5.32 Å². The Kier molecular flexibility index (Phi) is 7.38. The van der Waals surface area contributed by atoms with E-state index in [0.717, 1.165) is 6.42 Å². The second kappa shape index (κ2) is 10.1. The van der Waals surface area contributed by atoms with Gasteiger partial charge >= 0.3 is 6.18 Å². The molecule has 2 aromatic heterocycles. The number of rotatable bonds is 7. The highest BCUT2D eigenvalue weighted by Gasteiger charge is 2.41. The number of alkyl halides is 3. The van der Waals surface area contributed by atoms with E-state index in [9.17, 15) is 18.0 Å². The number of benzene rings is 1. The fraction of sp³-hybridized carbons (Fsp3) is 0.458. The lowest BCUT2D eigenvalue weighted by molar-refractivity contribution is -0.184. The van der Waals surface area contributed by atoms with E-state index >= 15 is 0 Å². The van der Waals surface area contributed by atoms with Crippen molar-refractivity contribution in [2.24, 2.45) is 18.9 Å². The summed E-state index contributed by atoms with van der Waals surface area (Å²) in [7, 11) is 1.80. The number of carbonyl (C=O) groups excluding carboxylic acids is 1. The summed E-state index contributed by atoms with van der Waals surface area (Å²) in [6, 6.07) is 6.89. The molecular weight excluding hydrogens is 488 g/mol. The molecule has 5 nitrogen and oxygen atoms in total. The number of aromatic nitrogens is 3. The van der Waals surface area contributed by atoms with Crippen LogP contribution in [-0.4, -0.2) is 26.5 Å². The van der Waals surface area contributed by atoms with Crippen molar-refractivity contribution in [1.29, 1.82) is 0 Å². The lowest BCUT2D eigenvalue weighted by atomic mass is 9.79. The van der Waals surface area contributed by atoms with Gasteiger partial charge in [0.25, 0.3) is 0 Å². The van der Waals surface area contributed by atoms with Gasteiger partial charge in [-0.3, -0.25) is 9.36 Å². The van der Waals surface area contributed by atoms with Crippen molar-refractivity contribution >= 4 is 51.8 Å². The Morgan fingerprint density at radius 2 is 1.85 bits per heavy atom. The number of hydrogen-bond acceptors (Lipinski definition) is 4. The number of pyridine rings is 1. The number of anilines is 2. The molecule has 0 spiro atoms. The first kappa shape index (κ1) is 24.8. The largest absolute Gasteiger partial charge is 0.391 e. The fourth-order valence-corrected chi connectivity index (χ4v) is 5.04. The van der Waals surface area contributed by atoms with Crippen molar-refractivity contribution < 1.29 is 18.0 Å². The van der Waals surface area contributed by atoms with Crippen molar-refractivity contribution in [2.45, 2.75) is 51.1 Å². The Morgan fingerprint density at radius 1 is 1.18 bits per heavy atom. The van der Waals surface area contributed by atoms with Crippen LogP contribution in [0.4, 0.5) is 24.8 Å². The first-order chi connectivity index (χ1) is 16.1. The average molecular weight is 513 g/mol. The van der Waals surface area contributed by atoms with Gasteiger partial charge in [0.15, 0.2) is 11.4 Å². The molecule has 3 aromatic rings. The van der Waals surface area contributed by atoms with Gasteiger partial charge in [-0.25, -0.2) is 9.97 Å². The molecule has 1 aromatic carbocycles. The van der Waals surface area contributed by atoms with E-state index in [-0.39, 0.29) is 24.5 Å². The lowest BCUT2D eigenvalue weighted by Gasteiger charge is -2.29. The zero-order chi connectivity index (χ0) is 24.5. The van der Waals surface area contributed by atoms with Gasteiger partial charge in [0, 0.05) is 25.2 Å². The highest BCUT2D eigenvalue weighted by atomic mass is 35.5. The molecule has 0 amide bonds. The van der Waals surface area contributed by atoms with Crippen LogP contribution in [-0.2, 0) is 7.05 Å². The second-order valence-corrected chi connectivity index (χ2v) is 9.67. The summed E-state index contributed by atoms with van der Waals surface area (Å²) in [4.78, 5) is 21.7. The summed E-state index contributed by atoms with van der Waals surface area (Å²) in [5, 5.41) is 4.03. The Labute approximate surface area is 205 Å². The third-order valence-electron chi connectivity index (χ3n) is 6.56. The maximum Gasteiger partial charge on any atom is 0.391 e. The number of ketones is 1. The molecule has 182 valence electrons. The van der Waals surface area contributed by atoms with Crippen LogP contribution < -0.4 is 5.32 Å². The standard InChI is InChI=1S/C24H25Cl2F3N4O/c1-33-22-19(31-23(33)32-21-17(25)5-3-6-18(21)26)12-15(13-30-22)20(34)7-2-4-14-8-10-16(11-9-14)24(27,28)29/h3,5-6,12-14,16H,2,4,7-11H2,1H3,(H,31,32). The number of hydrogen-bond donors (Lipinski definition) is 1. The number of nitrogens with zero attached hydrogens (tertiary/aromatic N) is 3. The number of aryl methyl sites for hydroxylation is 1. The highest BCUT2D eigenvalue weighted by molar-refractivity contribution is 6.39. The van der Waals surface area contributed by atoms with Crippen LogP contribution in [0.5, 0.6) is 0 Å². The number of Topliss-reactive ketones (excluding diaryl/α,β-unsaturated/α-hetero) is 1. The smallest absolute Gasteiger partial charge is 0.323 e. The van der Waals surface area contributed by atoms with E-state index in [0.29, 0.717) is 64.1 Å². The van der Waals surface area contributed by atoms with Crippen LogP contribution in [0.3, 0.4) is 0 Å². The summed E-state index contributed by atoms with van der Waals surface area (Å²) in [6.07, 6.45) is 0.729. The number of halogens is 5. The zero-order valence-electron chi connectivity index (χ0n) is 18.6. The minimum Gasteiger partial charge on any atom is -0.323 e. The first-order valence-corrected chi connectivity index (χ1v) is 12.0. The summed E-state index contributed by atoms with van der Waals surface area (Å²) >= 11 is 12.5. The lowest BCUT2D eigenvalue weighted by Crippen LogP contribution is -2.27. The van der Waals surface area contributed by atoms with Crippen LogP contribution in [0, 0.1) is 11.8 Å². The number of carbonyl (C=O) groups is 1. The normalized spacial score (nSPS) is 18.9. The molecule has 0 bridgehead atoms. The number of nitrogens with one attached hydrogen (secondary N) is 1. The fourth-order valence-electron chi connectivity index (χ4n) is 4.54. The molecule has 0 radical (unpaired) electrons. The van der Waals surface area contributed by atoms with Gasteiger partial charge in [0.2, 0.25) is 5.95 Å². The van der Waals surface area contributed by atoms with Gasteiger partial charge in [-0.1, -0.05) is 35.7 Å². The van der Waals surface area contributed by atoms with Gasteiger partial charge in [-0.2, -0.15) is 13.2 Å². The molecule has 1 aliphatic rings. The van der Waals surface area contributed by atoms with Gasteiger partial charge in [0.1, 0.15) is 5.52 Å². The molecule has 1 saturated carbocycles. The molecule has 1 aliphatic carbocycles. The van der Waals surface area contributed by atoms with E-state index in [1.54, 1.807) is 35.9 Å². The molecule has 1 N–H and O–H groups in total. The molecule has 0 unspecified atom stereocenters. The van der Waals surface area contributed by atoms with Crippen LogP contribution >= 0.6 is 23.2 Å². The molecule has 1 fully saturated rings. The van der Waals surface area contributed by atoms with Crippen molar-refractivity contribution in [3.8, 4) is 0 Å². The van der Waals surface area contributed by atoms with Crippen molar-refractivity contribution in [2.75, 3.05) is 5.32 Å². The molecule has 0 aliphatic heterocycles. The third kappa shape index (κ3) is 5.49. The van der Waals surface area contributed by atoms with Crippen LogP contribution in [0.2, 0.25) is 10.0 Å². The van der Waals surface area contributed by atoms with E-state index in [4.69, 9.17) is 23.2 Å². The van der Waals surface area contributed by atoms with Crippen molar-refractivity contribution in [3.05, 3.63) is 46.1 Å². The Balaban J connectivity index is 1.37. The van der Waals surface area contributed by atoms with Crippen molar-refractivity contribution in [1.82, 2.24) is 14.5 Å². The Hall–Kier alpha value is -2.32. The molecule has 2 heterocycles. The Morgan fingerprint density at radius 3 is 2.50 bits per heavy atom. The maximum atomic E-state index is 12.8. The average Bonchev–Trinajstić information content (AvgIpc) is 3.10. The minimum absolute atomic E-state index is 0.0484. The monoisotopic (exact) mass is 512 g/mol. The maximum absolute atomic E-state index is 12.8. The molecular formula is C24H25Cl2F3N4O. The highest BCUT2D eigenvalue weighted by Crippen LogP contribution is 2.41. The predicted molar refractivity (Wildman–Crippen MR) is 128 cm³/mol. The van der Waals surface area contributed by atoms with Crippen LogP contribution in [0.1, 0.15) is 55.3 Å². The number of fused-ring (bicyclic) bond motifs is 1. The minimum atomic E-state index is -4.09. The van der Waals surface area contributed by atoms with Crippen LogP contribution in [0.15, 0.2) is 30.5 Å². The van der Waals surface area contributed by atoms with Crippen LogP contribution in [0.25, 0.3) is 11.2 Å². The third-order valence-corrected chi connectivity index (χ3v) is 7.19. The van der Waals surface area contributed by atoms with Gasteiger partial charge in [-0.05, 0) is 56.2 Å². The topological polar surface area (TPSA) is 59.8 Å². The van der Waals surface area contributed by atoms with Gasteiger partial charge in [-0.15, -0.1) is 0 Å². The second-order valence-electron chi connectivity index (χ2n) is 8.86. The summed E-state index contributed by atoms with van der Waals surface area (Å²) in [5.41, 5.74) is 2.16. The molecule has 10 heteroatoms. The number of imidazole rings is 1. The molecule has 0 saturated heterocycles. The van der Waals surface area contributed by atoms with E-state index in [2.05, 4.69) is 15.3 Å². The van der Waals surface area contributed by atoms with Crippen molar-refractivity contribution in [3.63, 3.8) is 0 Å². The molecule has 0 atom stereocenters. The SMILES string of the molecule is Cn1c(Nc2c(Cl)cccc2Cl)nc2cc(C(=O)CCCC3CCC(C(F)(F)F)CC3)cnc21. The quantitative estimate of drug-likeness (QED) is 0.329. The summed E-state index contributed by atoms with van der Waals surface area (Å²) in [5.74, 6) is -0.479. The predicted octanol–water partition coefficient (Wildman–Crippen LogP) is 7.74. The summed E-state index contributed by atoms with van der Waals surface area (Å²) in [6.45, 7) is 0. The number of para-hydroxylation sites is 1. The first-order valence-electron chi connectivity index (χ1n) is 11.3. The summed E-state index contributed by atoms with van der Waals surface area (Å²) < 4.78 is 40.2. The molecule has 4 rings (SSSR count). The van der Waals surface area contributed by atoms with E-state index in [1.807, 2.05) is 0 Å². The van der Waals surface area contributed by atoms with Gasteiger partial charge in [0.05, 0.1) is 21.7 Å².